The maximum atomic E-state index is 5.79. The third-order valence-electron chi connectivity index (χ3n) is 3.47. The quantitative estimate of drug-likeness (QED) is 0.851. The van der Waals surface area contributed by atoms with Crippen LogP contribution in [0.1, 0.15) is 31.5 Å². The molecule has 2 fully saturated rings. The van der Waals surface area contributed by atoms with Gasteiger partial charge in [0, 0.05) is 19.1 Å². The minimum absolute atomic E-state index is 0.172. The van der Waals surface area contributed by atoms with Gasteiger partial charge in [-0.1, -0.05) is 0 Å². The van der Waals surface area contributed by atoms with Crippen LogP contribution < -0.4 is 5.32 Å². The Balaban J connectivity index is 1.45. The Morgan fingerprint density at radius 3 is 3.17 bits per heavy atom. The summed E-state index contributed by atoms with van der Waals surface area (Å²) in [7, 11) is 0. The smallest absolute Gasteiger partial charge is 0.0951 e. The van der Waals surface area contributed by atoms with E-state index in [0.717, 1.165) is 13.1 Å². The Kier molecular flexibility index (Phi) is 3.63. The lowest BCUT2D eigenvalue weighted by molar-refractivity contribution is -0.0722. The van der Waals surface area contributed by atoms with Gasteiger partial charge in [-0.2, -0.15) is 0 Å². The van der Waals surface area contributed by atoms with Gasteiger partial charge < -0.3 is 19.4 Å². The van der Waals surface area contributed by atoms with E-state index in [1.165, 1.54) is 18.5 Å². The zero-order valence-electron chi connectivity index (χ0n) is 10.8. The monoisotopic (exact) mass is 251 g/mol. The summed E-state index contributed by atoms with van der Waals surface area (Å²) in [5, 5.41) is 3.35. The molecule has 2 atom stereocenters. The molecule has 0 aromatic carbocycles. The van der Waals surface area contributed by atoms with Crippen LogP contribution in [0.5, 0.6) is 0 Å². The van der Waals surface area contributed by atoms with Crippen LogP contribution in [0, 0.1) is 0 Å². The van der Waals surface area contributed by atoms with Crippen molar-refractivity contribution >= 4 is 0 Å². The number of imidazole rings is 1. The molecule has 1 aliphatic heterocycles. The maximum absolute atomic E-state index is 5.79. The molecular weight excluding hydrogens is 230 g/mol. The van der Waals surface area contributed by atoms with E-state index >= 15 is 0 Å². The predicted molar refractivity (Wildman–Crippen MR) is 67.4 cm³/mol. The first kappa shape index (κ1) is 12.1. The molecule has 1 N–H and O–H groups in total. The molecule has 5 nitrogen and oxygen atoms in total. The average Bonchev–Trinajstić information content (AvgIpc) is 3.10. The third-order valence-corrected chi connectivity index (χ3v) is 3.47. The molecule has 2 heterocycles. The van der Waals surface area contributed by atoms with Gasteiger partial charge in [-0.3, -0.25) is 0 Å². The van der Waals surface area contributed by atoms with E-state index in [-0.39, 0.29) is 12.2 Å². The van der Waals surface area contributed by atoms with E-state index in [1.807, 2.05) is 12.5 Å². The lowest BCUT2D eigenvalue weighted by Gasteiger charge is -2.28. The second-order valence-corrected chi connectivity index (χ2v) is 5.27. The summed E-state index contributed by atoms with van der Waals surface area (Å²) < 4.78 is 13.8. The number of morpholine rings is 1. The molecule has 2 aliphatic rings. The molecule has 18 heavy (non-hydrogen) atoms. The normalized spacial score (nSPS) is 28.5. The summed E-state index contributed by atoms with van der Waals surface area (Å²) >= 11 is 0. The van der Waals surface area contributed by atoms with Crippen molar-refractivity contribution in [2.75, 3.05) is 19.7 Å². The number of aromatic nitrogens is 2. The molecule has 0 amide bonds. The summed E-state index contributed by atoms with van der Waals surface area (Å²) in [5.74, 6) is 0. The van der Waals surface area contributed by atoms with Gasteiger partial charge in [0.05, 0.1) is 43.6 Å². The molecule has 3 rings (SSSR count). The molecular formula is C13H21N3O2. The van der Waals surface area contributed by atoms with E-state index in [0.29, 0.717) is 19.3 Å². The number of nitrogens with one attached hydrogen (secondary N) is 1. The Bertz CT molecular complexity index is 389. The standard InChI is InChI=1S/C13H21N3O2/c1-10-4-14-6-13(18-10)8-17-7-12-5-15-9-16(12)11-2-3-11/h5,9-11,13-14H,2-4,6-8H2,1H3. The number of hydrogen-bond acceptors (Lipinski definition) is 4. The van der Waals surface area contributed by atoms with E-state index in [4.69, 9.17) is 9.47 Å². The number of nitrogens with zero attached hydrogens (tertiary/aromatic N) is 2. The highest BCUT2D eigenvalue weighted by Crippen LogP contribution is 2.35. The van der Waals surface area contributed by atoms with Crippen LogP contribution >= 0.6 is 0 Å². The molecule has 5 heteroatoms. The van der Waals surface area contributed by atoms with E-state index < -0.39 is 0 Å². The van der Waals surface area contributed by atoms with Crippen LogP contribution in [0.3, 0.4) is 0 Å². The lowest BCUT2D eigenvalue weighted by Crippen LogP contribution is -2.45. The van der Waals surface area contributed by atoms with Crippen LogP contribution in [0.2, 0.25) is 0 Å². The predicted octanol–water partition coefficient (Wildman–Crippen LogP) is 1.11. The van der Waals surface area contributed by atoms with Crippen molar-refractivity contribution in [3.8, 4) is 0 Å². The zero-order valence-corrected chi connectivity index (χ0v) is 10.8. The molecule has 1 saturated heterocycles. The lowest BCUT2D eigenvalue weighted by atomic mass is 10.2. The van der Waals surface area contributed by atoms with Crippen LogP contribution in [-0.2, 0) is 16.1 Å². The molecule has 0 radical (unpaired) electrons. The first-order valence-electron chi connectivity index (χ1n) is 6.77. The Morgan fingerprint density at radius 2 is 2.39 bits per heavy atom. The van der Waals surface area contributed by atoms with Gasteiger partial charge in [-0.25, -0.2) is 4.98 Å². The highest BCUT2D eigenvalue weighted by molar-refractivity contribution is 5.02. The maximum Gasteiger partial charge on any atom is 0.0951 e. The van der Waals surface area contributed by atoms with Gasteiger partial charge in [-0.05, 0) is 19.8 Å². The Labute approximate surface area is 107 Å². The second-order valence-electron chi connectivity index (χ2n) is 5.27. The van der Waals surface area contributed by atoms with Gasteiger partial charge in [0.1, 0.15) is 0 Å². The molecule has 1 aromatic heterocycles. The summed E-state index contributed by atoms with van der Waals surface area (Å²) in [4.78, 5) is 4.20. The summed E-state index contributed by atoms with van der Waals surface area (Å²) in [6.07, 6.45) is 6.82. The average molecular weight is 251 g/mol. The van der Waals surface area contributed by atoms with E-state index in [2.05, 4.69) is 21.8 Å². The molecule has 0 bridgehead atoms. The van der Waals surface area contributed by atoms with Gasteiger partial charge in [0.15, 0.2) is 0 Å². The Hall–Kier alpha value is -0.910. The molecule has 1 aliphatic carbocycles. The minimum atomic E-state index is 0.172. The number of ether oxygens (including phenoxy) is 2. The topological polar surface area (TPSA) is 48.3 Å². The van der Waals surface area contributed by atoms with Crippen molar-refractivity contribution < 1.29 is 9.47 Å². The van der Waals surface area contributed by atoms with Gasteiger partial charge >= 0.3 is 0 Å². The zero-order chi connectivity index (χ0) is 12.4. The largest absolute Gasteiger partial charge is 0.372 e. The molecule has 2 unspecified atom stereocenters. The summed E-state index contributed by atoms with van der Waals surface area (Å²) in [5.41, 5.74) is 1.18. The van der Waals surface area contributed by atoms with Gasteiger partial charge in [-0.15, -0.1) is 0 Å². The molecule has 1 aromatic rings. The molecule has 100 valence electrons. The van der Waals surface area contributed by atoms with Crippen LogP contribution in [-0.4, -0.2) is 41.5 Å². The SMILES string of the molecule is CC1CNCC(COCc2cncn2C2CC2)O1. The molecule has 0 spiro atoms. The fourth-order valence-electron chi connectivity index (χ4n) is 2.39. The number of rotatable bonds is 5. The van der Waals surface area contributed by atoms with Crippen molar-refractivity contribution in [2.45, 2.75) is 44.6 Å². The Morgan fingerprint density at radius 1 is 1.50 bits per heavy atom. The summed E-state index contributed by atoms with van der Waals surface area (Å²) in [6, 6.07) is 0.665. The van der Waals surface area contributed by atoms with E-state index in [1.54, 1.807) is 0 Å². The first-order chi connectivity index (χ1) is 8.83. The van der Waals surface area contributed by atoms with Crippen LogP contribution in [0.4, 0.5) is 0 Å². The van der Waals surface area contributed by atoms with Crippen LogP contribution in [0.15, 0.2) is 12.5 Å². The van der Waals surface area contributed by atoms with Crippen molar-refractivity contribution in [3.05, 3.63) is 18.2 Å². The molecule has 1 saturated carbocycles. The minimum Gasteiger partial charge on any atom is -0.372 e. The van der Waals surface area contributed by atoms with Crippen molar-refractivity contribution in [2.24, 2.45) is 0 Å². The fourth-order valence-corrected chi connectivity index (χ4v) is 2.39. The van der Waals surface area contributed by atoms with E-state index in [9.17, 15) is 0 Å². The highest BCUT2D eigenvalue weighted by atomic mass is 16.5. The number of hydrogen-bond donors (Lipinski definition) is 1. The fraction of sp³-hybridized carbons (Fsp3) is 0.769. The van der Waals surface area contributed by atoms with Gasteiger partial charge in [0.25, 0.3) is 0 Å². The highest BCUT2D eigenvalue weighted by Gasteiger charge is 2.25. The van der Waals surface area contributed by atoms with Crippen molar-refractivity contribution in [3.63, 3.8) is 0 Å². The summed E-state index contributed by atoms with van der Waals surface area (Å²) in [6.45, 7) is 5.18. The van der Waals surface area contributed by atoms with Crippen LogP contribution in [0.25, 0.3) is 0 Å². The van der Waals surface area contributed by atoms with Crippen molar-refractivity contribution in [1.82, 2.24) is 14.9 Å². The third kappa shape index (κ3) is 2.91. The second kappa shape index (κ2) is 5.38. The van der Waals surface area contributed by atoms with Gasteiger partial charge in [0.2, 0.25) is 0 Å². The van der Waals surface area contributed by atoms with Crippen molar-refractivity contribution in [1.29, 1.82) is 0 Å². The first-order valence-corrected chi connectivity index (χ1v) is 6.77.